The van der Waals surface area contributed by atoms with Gasteiger partial charge in [0.25, 0.3) is 0 Å². The Morgan fingerprint density at radius 2 is 2.06 bits per heavy atom. The molecule has 0 spiro atoms. The van der Waals surface area contributed by atoms with Gasteiger partial charge in [-0.25, -0.2) is 4.98 Å². The molecule has 0 fully saturated rings. The molecule has 0 aliphatic rings. The molecule has 2 aromatic rings. The third-order valence-electron chi connectivity index (χ3n) is 2.43. The molecule has 94 valence electrons. The van der Waals surface area contributed by atoms with Gasteiger partial charge < -0.3 is 9.72 Å². The van der Waals surface area contributed by atoms with Gasteiger partial charge >= 0.3 is 0 Å². The highest BCUT2D eigenvalue weighted by atomic mass is 79.9. The lowest BCUT2D eigenvalue weighted by Crippen LogP contribution is -2.01. The Labute approximate surface area is 119 Å². The zero-order valence-corrected chi connectivity index (χ0v) is 12.3. The fraction of sp³-hybridized carbons (Fsp3) is 0.231. The monoisotopic (exact) mass is 324 g/mol. The number of aromatic amines is 1. The van der Waals surface area contributed by atoms with E-state index in [1.54, 1.807) is 7.11 Å². The molecule has 0 radical (unpaired) electrons. The van der Waals surface area contributed by atoms with Crippen LogP contribution in [0.25, 0.3) is 0 Å². The van der Waals surface area contributed by atoms with E-state index in [-0.39, 0.29) is 0 Å². The molecule has 0 aliphatic heterocycles. The Hall–Kier alpha value is -1.04. The summed E-state index contributed by atoms with van der Waals surface area (Å²) in [6, 6.07) is 9.98. The number of halogens is 1. The molecule has 0 amide bonds. The third-order valence-corrected chi connectivity index (χ3v) is 3.17. The average molecular weight is 325 g/mol. The van der Waals surface area contributed by atoms with E-state index in [2.05, 4.69) is 38.0 Å². The van der Waals surface area contributed by atoms with Crippen molar-refractivity contribution in [2.75, 3.05) is 7.11 Å². The van der Waals surface area contributed by atoms with Crippen molar-refractivity contribution in [1.29, 1.82) is 0 Å². The zero-order valence-electron chi connectivity index (χ0n) is 9.94. The van der Waals surface area contributed by atoms with Crippen LogP contribution in [0.4, 0.5) is 0 Å². The van der Waals surface area contributed by atoms with Crippen LogP contribution in [-0.2, 0) is 17.8 Å². The summed E-state index contributed by atoms with van der Waals surface area (Å²) >= 11 is 8.56. The van der Waals surface area contributed by atoms with E-state index in [9.17, 15) is 0 Å². The second-order valence-electron chi connectivity index (χ2n) is 3.93. The number of rotatable bonds is 4. The highest BCUT2D eigenvalue weighted by Gasteiger charge is 2.01. The van der Waals surface area contributed by atoms with Gasteiger partial charge in [-0.1, -0.05) is 40.3 Å². The first-order valence-corrected chi connectivity index (χ1v) is 6.70. The number of hydrogen-bond donors (Lipinski definition) is 1. The maximum absolute atomic E-state index is 5.14. The van der Waals surface area contributed by atoms with E-state index >= 15 is 0 Å². The average Bonchev–Trinajstić information content (AvgIpc) is 2.32. The molecule has 1 heterocycles. The quantitative estimate of drug-likeness (QED) is 0.872. The Balaban J connectivity index is 2.23. The molecule has 0 atom stereocenters. The Morgan fingerprint density at radius 1 is 1.33 bits per heavy atom. The molecular formula is C13H13BrN2OS. The molecular weight excluding hydrogens is 312 g/mol. The second kappa shape index (κ2) is 6.22. The number of aromatic nitrogens is 2. The summed E-state index contributed by atoms with van der Waals surface area (Å²) in [4.78, 5) is 7.56. The topological polar surface area (TPSA) is 37.9 Å². The lowest BCUT2D eigenvalue weighted by molar-refractivity contribution is 0.181. The lowest BCUT2D eigenvalue weighted by Gasteiger charge is -2.05. The van der Waals surface area contributed by atoms with E-state index in [1.165, 1.54) is 5.56 Å². The minimum Gasteiger partial charge on any atom is -0.378 e. The number of H-pyrrole nitrogens is 1. The minimum atomic E-state index is 0.513. The summed E-state index contributed by atoms with van der Waals surface area (Å²) < 4.78 is 6.75. The number of nitrogens with zero attached hydrogens (tertiary/aromatic N) is 1. The number of hydrogen-bond acceptors (Lipinski definition) is 3. The fourth-order valence-electron chi connectivity index (χ4n) is 1.68. The van der Waals surface area contributed by atoms with Gasteiger partial charge in [-0.3, -0.25) is 0 Å². The second-order valence-corrected chi connectivity index (χ2v) is 5.26. The Kier molecular flexibility index (Phi) is 4.63. The third kappa shape index (κ3) is 3.73. The van der Waals surface area contributed by atoms with Gasteiger partial charge in [-0.15, -0.1) is 0 Å². The van der Waals surface area contributed by atoms with Gasteiger partial charge in [-0.2, -0.15) is 0 Å². The van der Waals surface area contributed by atoms with Gasteiger partial charge in [0.2, 0.25) is 0 Å². The normalized spacial score (nSPS) is 10.6. The molecule has 0 unspecified atom stereocenters. The van der Waals surface area contributed by atoms with Crippen molar-refractivity contribution in [3.8, 4) is 0 Å². The van der Waals surface area contributed by atoms with Crippen molar-refractivity contribution in [1.82, 2.24) is 9.97 Å². The van der Waals surface area contributed by atoms with Crippen LogP contribution in [0, 0.1) is 4.64 Å². The summed E-state index contributed by atoms with van der Waals surface area (Å²) in [5.41, 5.74) is 2.13. The molecule has 2 rings (SSSR count). The first-order chi connectivity index (χ1) is 8.67. The molecule has 18 heavy (non-hydrogen) atoms. The summed E-state index contributed by atoms with van der Waals surface area (Å²) in [6.45, 7) is 0.513. The highest BCUT2D eigenvalue weighted by Crippen LogP contribution is 2.13. The van der Waals surface area contributed by atoms with Crippen molar-refractivity contribution in [3.63, 3.8) is 0 Å². The summed E-state index contributed by atoms with van der Waals surface area (Å²) in [7, 11) is 1.66. The van der Waals surface area contributed by atoms with Crippen molar-refractivity contribution in [2.24, 2.45) is 0 Å². The van der Waals surface area contributed by atoms with E-state index in [1.807, 2.05) is 18.2 Å². The van der Waals surface area contributed by atoms with Gasteiger partial charge in [0.1, 0.15) is 10.5 Å². The molecule has 0 aliphatic carbocycles. The van der Waals surface area contributed by atoms with E-state index in [0.717, 1.165) is 22.4 Å². The van der Waals surface area contributed by atoms with Gasteiger partial charge in [-0.05, 0) is 23.8 Å². The zero-order chi connectivity index (χ0) is 13.0. The molecule has 1 aromatic carbocycles. The molecule has 1 N–H and O–H groups in total. The molecule has 0 saturated carbocycles. The van der Waals surface area contributed by atoms with Crippen LogP contribution in [0.1, 0.15) is 17.1 Å². The maximum Gasteiger partial charge on any atom is 0.130 e. The number of benzene rings is 1. The largest absolute Gasteiger partial charge is 0.378 e. The van der Waals surface area contributed by atoms with Crippen LogP contribution in [-0.4, -0.2) is 17.1 Å². The van der Waals surface area contributed by atoms with Crippen molar-refractivity contribution >= 4 is 28.1 Å². The summed E-state index contributed by atoms with van der Waals surface area (Å²) in [6.07, 6.45) is 0.731. The lowest BCUT2D eigenvalue weighted by atomic mass is 10.1. The molecule has 5 heteroatoms. The SMILES string of the molecule is COCc1cc(=S)nc(Cc2ccc(Br)cc2)[nH]1. The summed E-state index contributed by atoms with van der Waals surface area (Å²) in [5.74, 6) is 0.858. The van der Waals surface area contributed by atoms with Crippen molar-refractivity contribution < 1.29 is 4.74 Å². The fourth-order valence-corrected chi connectivity index (χ4v) is 2.19. The number of methoxy groups -OCH3 is 1. The molecule has 0 saturated heterocycles. The van der Waals surface area contributed by atoms with Crippen LogP contribution in [0.15, 0.2) is 34.8 Å². The van der Waals surface area contributed by atoms with E-state index < -0.39 is 0 Å². The highest BCUT2D eigenvalue weighted by molar-refractivity contribution is 9.10. The first-order valence-electron chi connectivity index (χ1n) is 5.50. The van der Waals surface area contributed by atoms with Crippen LogP contribution >= 0.6 is 28.1 Å². The molecule has 0 bridgehead atoms. The van der Waals surface area contributed by atoms with E-state index in [0.29, 0.717) is 11.2 Å². The molecule has 1 aromatic heterocycles. The standard InChI is InChI=1S/C13H13BrN2OS/c1-17-8-11-7-13(18)16-12(15-11)6-9-2-4-10(14)5-3-9/h2-5,7H,6,8H2,1H3,(H,15,16,18). The maximum atomic E-state index is 5.14. The predicted octanol–water partition coefficient (Wildman–Crippen LogP) is 3.64. The van der Waals surface area contributed by atoms with Crippen molar-refractivity contribution in [2.45, 2.75) is 13.0 Å². The first kappa shape index (κ1) is 13.4. The van der Waals surface area contributed by atoms with Crippen LogP contribution < -0.4 is 0 Å². The summed E-state index contributed by atoms with van der Waals surface area (Å²) in [5, 5.41) is 0. The Bertz CT molecular complexity index is 580. The van der Waals surface area contributed by atoms with Gasteiger partial charge in [0.05, 0.1) is 6.61 Å². The number of nitrogens with one attached hydrogen (secondary N) is 1. The van der Waals surface area contributed by atoms with Crippen molar-refractivity contribution in [3.05, 3.63) is 56.5 Å². The minimum absolute atomic E-state index is 0.513. The predicted molar refractivity (Wildman–Crippen MR) is 77.1 cm³/mol. The van der Waals surface area contributed by atoms with Gasteiger partial charge in [0.15, 0.2) is 0 Å². The Morgan fingerprint density at radius 3 is 2.72 bits per heavy atom. The molecule has 3 nitrogen and oxygen atoms in total. The van der Waals surface area contributed by atoms with Crippen LogP contribution in [0.2, 0.25) is 0 Å². The number of ether oxygens (including phenoxy) is 1. The van der Waals surface area contributed by atoms with Crippen LogP contribution in [0.3, 0.4) is 0 Å². The smallest absolute Gasteiger partial charge is 0.130 e. The van der Waals surface area contributed by atoms with Crippen LogP contribution in [0.5, 0.6) is 0 Å². The van der Waals surface area contributed by atoms with E-state index in [4.69, 9.17) is 17.0 Å². The van der Waals surface area contributed by atoms with Gasteiger partial charge in [0, 0.05) is 23.7 Å².